The number of hydrogen-bond donors (Lipinski definition) is 1. The quantitative estimate of drug-likeness (QED) is 0.853. The number of aliphatic hydroxyl groups is 1. The lowest BCUT2D eigenvalue weighted by Gasteiger charge is -2.09. The Bertz CT molecular complexity index is 507. The van der Waals surface area contributed by atoms with E-state index in [4.69, 9.17) is 4.74 Å². The largest absolute Gasteiger partial charge is 0.382 e. The first-order valence-corrected chi connectivity index (χ1v) is 7.10. The van der Waals surface area contributed by atoms with Crippen molar-refractivity contribution in [1.29, 1.82) is 0 Å². The Kier molecular flexibility index (Phi) is 8.02. The van der Waals surface area contributed by atoms with Gasteiger partial charge in [-0.05, 0) is 19.4 Å². The molecule has 112 valence electrons. The van der Waals surface area contributed by atoms with Gasteiger partial charge in [0.2, 0.25) is 0 Å². The van der Waals surface area contributed by atoms with Crippen LogP contribution in [0.15, 0.2) is 60.7 Å². The summed E-state index contributed by atoms with van der Waals surface area (Å²) in [5.41, 5.74) is 1.15. The molecule has 3 nitrogen and oxygen atoms in total. The van der Waals surface area contributed by atoms with E-state index in [2.05, 4.69) is 0 Å². The highest BCUT2D eigenvalue weighted by atomic mass is 16.5. The molecule has 0 spiro atoms. The number of ketones is 1. The van der Waals surface area contributed by atoms with E-state index in [1.54, 1.807) is 48.5 Å². The fourth-order valence-electron chi connectivity index (χ4n) is 1.75. The van der Waals surface area contributed by atoms with Gasteiger partial charge in [-0.2, -0.15) is 0 Å². The zero-order valence-electron chi connectivity index (χ0n) is 12.5. The Hall–Kier alpha value is -1.97. The summed E-state index contributed by atoms with van der Waals surface area (Å²) in [7, 11) is 0. The monoisotopic (exact) mass is 286 g/mol. The summed E-state index contributed by atoms with van der Waals surface area (Å²) >= 11 is 0. The van der Waals surface area contributed by atoms with Gasteiger partial charge >= 0.3 is 0 Å². The highest BCUT2D eigenvalue weighted by molar-refractivity contribution is 5.99. The molecule has 0 bridgehead atoms. The maximum Gasteiger partial charge on any atom is 0.195 e. The molecule has 0 aliphatic carbocycles. The van der Waals surface area contributed by atoms with E-state index in [1.807, 2.05) is 26.0 Å². The number of rotatable bonds is 5. The minimum absolute atomic E-state index is 0.271. The number of aliphatic hydroxyl groups excluding tert-OH is 1. The first-order valence-electron chi connectivity index (χ1n) is 7.10. The molecule has 0 fully saturated rings. The van der Waals surface area contributed by atoms with Crippen molar-refractivity contribution >= 4 is 5.78 Å². The molecule has 2 rings (SSSR count). The van der Waals surface area contributed by atoms with E-state index in [0.29, 0.717) is 11.1 Å². The van der Waals surface area contributed by atoms with Gasteiger partial charge in [-0.3, -0.25) is 4.79 Å². The lowest BCUT2D eigenvalue weighted by Crippen LogP contribution is -2.11. The van der Waals surface area contributed by atoms with Crippen LogP contribution in [0.5, 0.6) is 0 Å². The van der Waals surface area contributed by atoms with Crippen LogP contribution < -0.4 is 0 Å². The lowest BCUT2D eigenvalue weighted by atomic mass is 10.0. The van der Waals surface area contributed by atoms with Crippen LogP contribution >= 0.6 is 0 Å². The second kappa shape index (κ2) is 9.86. The molecule has 0 saturated carbocycles. The van der Waals surface area contributed by atoms with Crippen molar-refractivity contribution in [3.05, 3.63) is 71.8 Å². The van der Waals surface area contributed by atoms with Crippen LogP contribution in [0.25, 0.3) is 0 Å². The predicted octanol–water partition coefficient (Wildman–Crippen LogP) is 3.65. The third kappa shape index (κ3) is 5.90. The third-order valence-corrected chi connectivity index (χ3v) is 2.83. The second-order valence-electron chi connectivity index (χ2n) is 4.32. The Morgan fingerprint density at radius 1 is 0.952 bits per heavy atom. The first-order chi connectivity index (χ1) is 10.2. The molecule has 0 amide bonds. The molecule has 0 aliphatic heterocycles. The number of ether oxygens (including phenoxy) is 1. The van der Waals surface area contributed by atoms with Crippen LogP contribution in [0.1, 0.15) is 35.9 Å². The van der Waals surface area contributed by atoms with Crippen LogP contribution in [-0.4, -0.2) is 24.1 Å². The van der Waals surface area contributed by atoms with Crippen molar-refractivity contribution in [3.8, 4) is 0 Å². The number of carbonyl (C=O) groups excluding carboxylic acids is 1. The molecule has 0 radical (unpaired) electrons. The highest BCUT2D eigenvalue weighted by Crippen LogP contribution is 2.17. The average Bonchev–Trinajstić information content (AvgIpc) is 2.56. The third-order valence-electron chi connectivity index (χ3n) is 2.83. The molecular weight excluding hydrogens is 264 g/mol. The van der Waals surface area contributed by atoms with Gasteiger partial charge in [-0.1, -0.05) is 60.7 Å². The van der Waals surface area contributed by atoms with Crippen molar-refractivity contribution in [2.75, 3.05) is 13.2 Å². The van der Waals surface area contributed by atoms with Crippen molar-refractivity contribution in [3.63, 3.8) is 0 Å². The second-order valence-corrected chi connectivity index (χ2v) is 4.32. The van der Waals surface area contributed by atoms with Crippen molar-refractivity contribution in [2.45, 2.75) is 20.0 Å². The Morgan fingerprint density at radius 2 is 1.43 bits per heavy atom. The molecule has 1 unspecified atom stereocenters. The summed E-state index contributed by atoms with van der Waals surface area (Å²) in [5, 5.41) is 9.89. The number of hydrogen-bond acceptors (Lipinski definition) is 3. The van der Waals surface area contributed by atoms with E-state index >= 15 is 0 Å². The fraction of sp³-hybridized carbons (Fsp3) is 0.278. The molecule has 2 aromatic rings. The zero-order valence-corrected chi connectivity index (χ0v) is 12.5. The summed E-state index contributed by atoms with van der Waals surface area (Å²) in [6.45, 7) is 5.67. The minimum atomic E-state index is -1.08. The SMILES string of the molecule is CCOCC.O=C(c1ccccc1)C(O)c1ccccc1. The Labute approximate surface area is 126 Å². The van der Waals surface area contributed by atoms with Crippen molar-refractivity contribution in [2.24, 2.45) is 0 Å². The molecule has 1 N–H and O–H groups in total. The summed E-state index contributed by atoms with van der Waals surface area (Å²) in [4.78, 5) is 11.9. The molecular formula is C18H22O3. The maximum absolute atomic E-state index is 11.9. The van der Waals surface area contributed by atoms with Crippen LogP contribution in [-0.2, 0) is 4.74 Å². The maximum atomic E-state index is 11.9. The number of carbonyl (C=O) groups is 1. The first kappa shape index (κ1) is 17.1. The predicted molar refractivity (Wildman–Crippen MR) is 84.3 cm³/mol. The topological polar surface area (TPSA) is 46.5 Å². The molecule has 0 aliphatic rings. The van der Waals surface area contributed by atoms with E-state index in [-0.39, 0.29) is 5.78 Å². The summed E-state index contributed by atoms with van der Waals surface area (Å²) < 4.78 is 4.83. The van der Waals surface area contributed by atoms with Crippen molar-refractivity contribution in [1.82, 2.24) is 0 Å². The fourth-order valence-corrected chi connectivity index (χ4v) is 1.75. The average molecular weight is 286 g/mol. The van der Waals surface area contributed by atoms with Crippen LogP contribution in [0.4, 0.5) is 0 Å². The number of benzene rings is 2. The Morgan fingerprint density at radius 3 is 1.86 bits per heavy atom. The van der Waals surface area contributed by atoms with Crippen LogP contribution in [0.2, 0.25) is 0 Å². The van der Waals surface area contributed by atoms with Crippen LogP contribution in [0, 0.1) is 0 Å². The normalized spacial score (nSPS) is 11.2. The summed E-state index contributed by atoms with van der Waals surface area (Å²) in [6, 6.07) is 17.7. The van der Waals surface area contributed by atoms with Gasteiger partial charge in [-0.15, -0.1) is 0 Å². The molecule has 3 heteroatoms. The van der Waals surface area contributed by atoms with Gasteiger partial charge in [0.1, 0.15) is 6.10 Å². The molecule has 0 heterocycles. The van der Waals surface area contributed by atoms with E-state index in [0.717, 1.165) is 13.2 Å². The van der Waals surface area contributed by atoms with E-state index in [1.165, 1.54) is 0 Å². The van der Waals surface area contributed by atoms with E-state index < -0.39 is 6.10 Å². The summed E-state index contributed by atoms with van der Waals surface area (Å²) in [6.07, 6.45) is -1.08. The lowest BCUT2D eigenvalue weighted by molar-refractivity contribution is 0.0747. The van der Waals surface area contributed by atoms with Gasteiger partial charge < -0.3 is 9.84 Å². The number of Topliss-reactive ketones (excluding diaryl/α,β-unsaturated/α-hetero) is 1. The van der Waals surface area contributed by atoms with Crippen LogP contribution in [0.3, 0.4) is 0 Å². The van der Waals surface area contributed by atoms with Gasteiger partial charge in [0.05, 0.1) is 0 Å². The molecule has 0 saturated heterocycles. The van der Waals surface area contributed by atoms with Gasteiger partial charge in [-0.25, -0.2) is 0 Å². The standard InChI is InChI=1S/C14H12O2.C4H10O/c15-13(11-7-3-1-4-8-11)14(16)12-9-5-2-6-10-12;1-3-5-4-2/h1-10,13,15H;3-4H2,1-2H3. The van der Waals surface area contributed by atoms with Crippen molar-refractivity contribution < 1.29 is 14.6 Å². The molecule has 2 aromatic carbocycles. The molecule has 21 heavy (non-hydrogen) atoms. The molecule has 0 aromatic heterocycles. The Balaban J connectivity index is 0.000000383. The van der Waals surface area contributed by atoms with Gasteiger partial charge in [0.25, 0.3) is 0 Å². The minimum Gasteiger partial charge on any atom is -0.382 e. The summed E-state index contributed by atoms with van der Waals surface area (Å²) in [5.74, 6) is -0.271. The smallest absolute Gasteiger partial charge is 0.195 e. The van der Waals surface area contributed by atoms with Gasteiger partial charge in [0, 0.05) is 18.8 Å². The highest BCUT2D eigenvalue weighted by Gasteiger charge is 2.18. The zero-order chi connectivity index (χ0) is 15.5. The van der Waals surface area contributed by atoms with Gasteiger partial charge in [0.15, 0.2) is 5.78 Å². The van der Waals surface area contributed by atoms with E-state index in [9.17, 15) is 9.90 Å². The molecule has 1 atom stereocenters.